The van der Waals surface area contributed by atoms with Crippen LogP contribution >= 0.6 is 11.3 Å². The third-order valence-electron chi connectivity index (χ3n) is 4.42. The van der Waals surface area contributed by atoms with Crippen LogP contribution in [-0.4, -0.2) is 35.8 Å². The zero-order chi connectivity index (χ0) is 20.1. The van der Waals surface area contributed by atoms with Gasteiger partial charge < -0.3 is 21.3 Å². The van der Waals surface area contributed by atoms with E-state index in [9.17, 15) is 19.6 Å². The number of nitrogens with two attached hydrogens (primary N) is 1. The van der Waals surface area contributed by atoms with Gasteiger partial charge >= 0.3 is 6.03 Å². The molecule has 2 heterocycles. The minimum absolute atomic E-state index is 0.0961. The lowest BCUT2D eigenvalue weighted by molar-refractivity contribution is -0.131. The summed E-state index contributed by atoms with van der Waals surface area (Å²) in [7, 11) is 0. The van der Waals surface area contributed by atoms with Crippen molar-refractivity contribution in [2.75, 3.05) is 18.4 Å². The largest absolute Gasteiger partial charge is 0.352 e. The number of amides is 4. The zero-order valence-electron chi connectivity index (χ0n) is 15.0. The van der Waals surface area contributed by atoms with E-state index in [0.717, 1.165) is 10.4 Å². The van der Waals surface area contributed by atoms with E-state index < -0.39 is 6.03 Å². The minimum Gasteiger partial charge on any atom is -0.352 e. The van der Waals surface area contributed by atoms with Crippen LogP contribution in [0.3, 0.4) is 0 Å². The first-order valence-electron chi connectivity index (χ1n) is 8.71. The van der Waals surface area contributed by atoms with Gasteiger partial charge in [0.05, 0.1) is 12.1 Å². The van der Waals surface area contributed by atoms with E-state index >= 15 is 0 Å². The van der Waals surface area contributed by atoms with E-state index in [1.807, 2.05) is 6.07 Å². The van der Waals surface area contributed by atoms with Crippen molar-refractivity contribution in [3.05, 3.63) is 51.9 Å². The van der Waals surface area contributed by atoms with E-state index in [-0.39, 0.29) is 24.8 Å². The topological polar surface area (TPSA) is 128 Å². The molecule has 9 heteroatoms. The fourth-order valence-electron chi connectivity index (χ4n) is 3.04. The number of carbonyl (C=O) groups is 3. The second kappa shape index (κ2) is 8.54. The van der Waals surface area contributed by atoms with Gasteiger partial charge in [-0.1, -0.05) is 18.2 Å². The summed E-state index contributed by atoms with van der Waals surface area (Å²) in [5.74, 6) is -0.373. The van der Waals surface area contributed by atoms with Crippen molar-refractivity contribution in [3.63, 3.8) is 0 Å². The van der Waals surface area contributed by atoms with Crippen LogP contribution in [0.1, 0.15) is 32.8 Å². The highest BCUT2D eigenvalue weighted by Gasteiger charge is 2.27. The number of thiophene rings is 1. The quantitative estimate of drug-likeness (QED) is 0.711. The highest BCUT2D eigenvalue weighted by molar-refractivity contribution is 7.16. The van der Waals surface area contributed by atoms with Gasteiger partial charge in [-0.05, 0) is 24.1 Å². The number of hydrogen-bond donors (Lipinski definition) is 3. The Morgan fingerprint density at radius 1 is 1.25 bits per heavy atom. The number of rotatable bonds is 5. The van der Waals surface area contributed by atoms with Gasteiger partial charge in [-0.25, -0.2) is 4.79 Å². The Bertz CT molecular complexity index is 948. The predicted molar refractivity (Wildman–Crippen MR) is 105 cm³/mol. The lowest BCUT2D eigenvalue weighted by Gasteiger charge is -2.27. The van der Waals surface area contributed by atoms with Gasteiger partial charge in [0.25, 0.3) is 5.91 Å². The van der Waals surface area contributed by atoms with Gasteiger partial charge in [-0.2, -0.15) is 5.26 Å². The maximum atomic E-state index is 12.4. The Kier molecular flexibility index (Phi) is 5.91. The lowest BCUT2D eigenvalue weighted by Crippen LogP contribution is -2.38. The van der Waals surface area contributed by atoms with E-state index in [1.165, 1.54) is 11.3 Å². The van der Waals surface area contributed by atoms with Crippen LogP contribution in [0.2, 0.25) is 0 Å². The molecule has 0 bridgehead atoms. The number of anilines is 1. The summed E-state index contributed by atoms with van der Waals surface area (Å²) in [5.41, 5.74) is 6.86. The second-order valence-corrected chi connectivity index (χ2v) is 7.35. The second-order valence-electron chi connectivity index (χ2n) is 6.25. The van der Waals surface area contributed by atoms with Crippen molar-refractivity contribution in [1.82, 2.24) is 10.2 Å². The molecule has 0 spiro atoms. The van der Waals surface area contributed by atoms with Gasteiger partial charge in [0.2, 0.25) is 5.91 Å². The lowest BCUT2D eigenvalue weighted by atomic mass is 10.0. The van der Waals surface area contributed by atoms with Crippen LogP contribution in [0.4, 0.5) is 9.80 Å². The number of fused-ring (bicyclic) bond motifs is 1. The number of urea groups is 1. The molecule has 0 saturated heterocycles. The fourth-order valence-corrected chi connectivity index (χ4v) is 4.25. The number of primary amides is 1. The summed E-state index contributed by atoms with van der Waals surface area (Å²) < 4.78 is 0. The number of carbonyl (C=O) groups excluding carboxylic acids is 3. The van der Waals surface area contributed by atoms with Gasteiger partial charge in [-0.3, -0.25) is 9.59 Å². The molecule has 1 aromatic carbocycles. The Morgan fingerprint density at radius 3 is 2.68 bits per heavy atom. The van der Waals surface area contributed by atoms with Crippen molar-refractivity contribution in [2.45, 2.75) is 19.4 Å². The Morgan fingerprint density at radius 2 is 2.00 bits per heavy atom. The van der Waals surface area contributed by atoms with Gasteiger partial charge in [0, 0.05) is 30.0 Å². The first-order valence-corrected chi connectivity index (χ1v) is 9.53. The summed E-state index contributed by atoms with van der Waals surface area (Å²) in [4.78, 5) is 38.0. The average Bonchev–Trinajstić information content (AvgIpc) is 3.04. The molecule has 0 unspecified atom stereocenters. The first-order chi connectivity index (χ1) is 13.5. The first kappa shape index (κ1) is 19.4. The van der Waals surface area contributed by atoms with Crippen LogP contribution in [0.25, 0.3) is 0 Å². The van der Waals surface area contributed by atoms with Crippen LogP contribution in [-0.2, 0) is 17.8 Å². The van der Waals surface area contributed by atoms with Gasteiger partial charge in [0.15, 0.2) is 0 Å². The highest BCUT2D eigenvalue weighted by atomic mass is 32.1. The third-order valence-corrected chi connectivity index (χ3v) is 5.55. The molecule has 0 aliphatic carbocycles. The predicted octanol–water partition coefficient (Wildman–Crippen LogP) is 1.82. The number of nitrogens with zero attached hydrogens (tertiary/aromatic N) is 2. The molecule has 28 heavy (non-hydrogen) atoms. The van der Waals surface area contributed by atoms with Crippen molar-refractivity contribution < 1.29 is 14.4 Å². The summed E-state index contributed by atoms with van der Waals surface area (Å²) in [6, 6.07) is 10.3. The molecule has 4 N–H and O–H groups in total. The van der Waals surface area contributed by atoms with E-state index in [1.54, 1.807) is 29.2 Å². The molecular formula is C19H19N5O3S. The molecule has 3 rings (SSSR count). The smallest absolute Gasteiger partial charge is 0.312 e. The Balaban J connectivity index is 1.72. The normalized spacial score (nSPS) is 12.6. The molecule has 144 valence electrons. The summed E-state index contributed by atoms with van der Waals surface area (Å²) in [6.45, 7) is 1.05. The van der Waals surface area contributed by atoms with Crippen molar-refractivity contribution in [1.29, 1.82) is 5.26 Å². The molecule has 1 aliphatic rings. The van der Waals surface area contributed by atoms with Crippen LogP contribution in [0.5, 0.6) is 0 Å². The third kappa shape index (κ3) is 4.29. The zero-order valence-corrected chi connectivity index (χ0v) is 15.8. The number of nitrogens with one attached hydrogen (secondary N) is 2. The van der Waals surface area contributed by atoms with Crippen LogP contribution < -0.4 is 16.4 Å². The maximum Gasteiger partial charge on any atom is 0.312 e. The van der Waals surface area contributed by atoms with Crippen LogP contribution in [0, 0.1) is 11.3 Å². The van der Waals surface area contributed by atoms with Crippen LogP contribution in [0.15, 0.2) is 30.3 Å². The molecule has 0 fully saturated rings. The molecule has 0 atom stereocenters. The molecule has 0 saturated carbocycles. The Labute approximate surface area is 165 Å². The van der Waals surface area contributed by atoms with Crippen molar-refractivity contribution in [2.24, 2.45) is 5.73 Å². The molecular weight excluding hydrogens is 378 g/mol. The number of benzene rings is 1. The van der Waals surface area contributed by atoms with E-state index in [2.05, 4.69) is 16.7 Å². The highest BCUT2D eigenvalue weighted by Crippen LogP contribution is 2.37. The molecule has 8 nitrogen and oxygen atoms in total. The van der Waals surface area contributed by atoms with Gasteiger partial charge in [-0.15, -0.1) is 11.3 Å². The summed E-state index contributed by atoms with van der Waals surface area (Å²) in [6.07, 6.45) is 0.706. The SMILES string of the molecule is N#Cc1c(NC(=O)c2ccccc2)sc2c1CCN(C(=O)CCNC(N)=O)C2. The Hall–Kier alpha value is -3.38. The van der Waals surface area contributed by atoms with Crippen molar-refractivity contribution >= 4 is 34.2 Å². The molecule has 2 aromatic rings. The molecule has 4 amide bonds. The van der Waals surface area contributed by atoms with Crippen molar-refractivity contribution in [3.8, 4) is 6.07 Å². The molecule has 1 aliphatic heterocycles. The standard InChI is InChI=1S/C19H19N5O3S/c20-10-14-13-7-9-24(16(25)6-8-22-19(21)27)11-15(13)28-18(14)23-17(26)12-4-2-1-3-5-12/h1-5H,6-9,11H2,(H,23,26)(H3,21,22,27). The average molecular weight is 397 g/mol. The summed E-state index contributed by atoms with van der Waals surface area (Å²) in [5, 5.41) is 15.3. The minimum atomic E-state index is -0.663. The fraction of sp³-hybridized carbons (Fsp3) is 0.263. The molecule has 0 radical (unpaired) electrons. The number of hydrogen-bond acceptors (Lipinski definition) is 5. The monoisotopic (exact) mass is 397 g/mol. The van der Waals surface area contributed by atoms with E-state index in [0.29, 0.717) is 35.6 Å². The van der Waals surface area contributed by atoms with Gasteiger partial charge in [0.1, 0.15) is 11.1 Å². The maximum absolute atomic E-state index is 12.4. The van der Waals surface area contributed by atoms with E-state index in [4.69, 9.17) is 5.73 Å². The number of nitriles is 1. The summed E-state index contributed by atoms with van der Waals surface area (Å²) >= 11 is 1.32. The molecule has 1 aromatic heterocycles.